The molecule has 0 aliphatic rings. The maximum absolute atomic E-state index is 11.8. The van der Waals surface area contributed by atoms with E-state index < -0.39 is 36.0 Å². The molecule has 1 heterocycles. The summed E-state index contributed by atoms with van der Waals surface area (Å²) in [6.45, 7) is 2.87. The predicted molar refractivity (Wildman–Crippen MR) is 73.2 cm³/mol. The largest absolute Gasteiger partial charge is 0.506 e. The number of nitrogens with two attached hydrogens (primary N) is 1. The van der Waals surface area contributed by atoms with Crippen molar-refractivity contribution < 1.29 is 24.9 Å². The second-order valence-electron chi connectivity index (χ2n) is 4.84. The summed E-state index contributed by atoms with van der Waals surface area (Å²) >= 11 is 0. The van der Waals surface area contributed by atoms with Gasteiger partial charge in [-0.15, -0.1) is 0 Å². The van der Waals surface area contributed by atoms with Crippen molar-refractivity contribution in [3.05, 3.63) is 24.0 Å². The summed E-state index contributed by atoms with van der Waals surface area (Å²) in [7, 11) is 0. The molecule has 0 spiro atoms. The number of hydrogen-bond donors (Lipinski definition) is 5. The molecule has 0 saturated heterocycles. The molecule has 8 nitrogen and oxygen atoms in total. The Morgan fingerprint density at radius 1 is 1.33 bits per heavy atom. The van der Waals surface area contributed by atoms with Crippen LogP contribution in [0.5, 0.6) is 5.75 Å². The fraction of sp³-hybridized carbons (Fsp3) is 0.462. The smallest absolute Gasteiger partial charge is 0.325 e. The standard InChI is InChI=1S/C13H19N3O5/c1-6(10(14)12(19)16-7(2)13(20)21)11(18)9-4-3-8(17)5-15-9/h3-7,10-11,17-18H,14H2,1-2H3,(H,16,19)(H,20,21). The first-order valence-corrected chi connectivity index (χ1v) is 6.35. The maximum atomic E-state index is 11.8. The average molecular weight is 297 g/mol. The van der Waals surface area contributed by atoms with E-state index in [2.05, 4.69) is 10.3 Å². The van der Waals surface area contributed by atoms with Crippen molar-refractivity contribution in [1.29, 1.82) is 0 Å². The maximum Gasteiger partial charge on any atom is 0.325 e. The molecule has 0 bridgehead atoms. The zero-order valence-corrected chi connectivity index (χ0v) is 11.7. The Hall–Kier alpha value is -2.19. The summed E-state index contributed by atoms with van der Waals surface area (Å²) in [6.07, 6.45) is 0.0510. The van der Waals surface area contributed by atoms with E-state index >= 15 is 0 Å². The summed E-state index contributed by atoms with van der Waals surface area (Å²) in [6, 6.07) is 0.606. The molecule has 0 radical (unpaired) electrons. The highest BCUT2D eigenvalue weighted by atomic mass is 16.4. The van der Waals surface area contributed by atoms with E-state index in [9.17, 15) is 14.7 Å². The SMILES string of the molecule is CC(NC(=O)C(N)C(C)C(O)c1ccc(O)cn1)C(=O)O. The number of hydrogen-bond acceptors (Lipinski definition) is 6. The lowest BCUT2D eigenvalue weighted by molar-refractivity contribution is -0.141. The van der Waals surface area contributed by atoms with E-state index in [4.69, 9.17) is 15.9 Å². The molecule has 6 N–H and O–H groups in total. The van der Waals surface area contributed by atoms with Gasteiger partial charge < -0.3 is 26.4 Å². The van der Waals surface area contributed by atoms with Gasteiger partial charge in [0.05, 0.1) is 17.9 Å². The lowest BCUT2D eigenvalue weighted by Crippen LogP contribution is -2.50. The van der Waals surface area contributed by atoms with Crippen LogP contribution in [0.3, 0.4) is 0 Å². The normalized spacial score (nSPS) is 16.6. The highest BCUT2D eigenvalue weighted by molar-refractivity contribution is 5.86. The lowest BCUT2D eigenvalue weighted by atomic mass is 9.93. The van der Waals surface area contributed by atoms with Gasteiger partial charge in [-0.05, 0) is 19.1 Å². The zero-order chi connectivity index (χ0) is 16.2. The predicted octanol–water partition coefficient (Wildman–Crippen LogP) is -0.627. The van der Waals surface area contributed by atoms with Crippen molar-refractivity contribution in [2.45, 2.75) is 32.0 Å². The summed E-state index contributed by atoms with van der Waals surface area (Å²) in [5.74, 6) is -2.59. The third kappa shape index (κ3) is 4.40. The van der Waals surface area contributed by atoms with Crippen LogP contribution in [0, 0.1) is 5.92 Å². The van der Waals surface area contributed by atoms with Gasteiger partial charge >= 0.3 is 5.97 Å². The van der Waals surface area contributed by atoms with Gasteiger partial charge in [-0.2, -0.15) is 0 Å². The van der Waals surface area contributed by atoms with Gasteiger partial charge in [0.2, 0.25) is 5.91 Å². The van der Waals surface area contributed by atoms with Crippen LogP contribution in [0.25, 0.3) is 0 Å². The van der Waals surface area contributed by atoms with Crippen LogP contribution >= 0.6 is 0 Å². The van der Waals surface area contributed by atoms with E-state index in [1.54, 1.807) is 6.92 Å². The van der Waals surface area contributed by atoms with Crippen LogP contribution in [0.1, 0.15) is 25.6 Å². The van der Waals surface area contributed by atoms with Gasteiger partial charge in [0.25, 0.3) is 0 Å². The van der Waals surface area contributed by atoms with Gasteiger partial charge in [-0.1, -0.05) is 6.92 Å². The third-order valence-electron chi connectivity index (χ3n) is 3.17. The van der Waals surface area contributed by atoms with Gasteiger partial charge in [0.15, 0.2) is 0 Å². The van der Waals surface area contributed by atoms with Crippen LogP contribution in [0.2, 0.25) is 0 Å². The van der Waals surface area contributed by atoms with Crippen molar-refractivity contribution >= 4 is 11.9 Å². The third-order valence-corrected chi connectivity index (χ3v) is 3.17. The van der Waals surface area contributed by atoms with E-state index in [0.29, 0.717) is 0 Å². The Kier molecular flexibility index (Phi) is 5.62. The van der Waals surface area contributed by atoms with Gasteiger partial charge in [0.1, 0.15) is 17.9 Å². The number of rotatable bonds is 6. The molecule has 1 aromatic heterocycles. The number of aliphatic hydroxyl groups is 1. The van der Waals surface area contributed by atoms with E-state index in [-0.39, 0.29) is 11.4 Å². The number of amides is 1. The summed E-state index contributed by atoms with van der Waals surface area (Å²) < 4.78 is 0. The number of nitrogens with one attached hydrogen (secondary N) is 1. The molecule has 0 aliphatic carbocycles. The molecule has 1 aromatic rings. The summed E-state index contributed by atoms with van der Waals surface area (Å²) in [5, 5.41) is 30.2. The highest BCUT2D eigenvalue weighted by Crippen LogP contribution is 2.23. The molecule has 0 aromatic carbocycles. The van der Waals surface area contributed by atoms with Gasteiger partial charge in [0, 0.05) is 5.92 Å². The second kappa shape index (κ2) is 7.00. The van der Waals surface area contributed by atoms with Crippen molar-refractivity contribution in [3.8, 4) is 5.75 Å². The molecule has 8 heteroatoms. The number of aliphatic carboxylic acids is 1. The Morgan fingerprint density at radius 2 is 1.95 bits per heavy atom. The number of carbonyl (C=O) groups is 2. The second-order valence-corrected chi connectivity index (χ2v) is 4.84. The first-order chi connectivity index (χ1) is 9.73. The Bertz CT molecular complexity index is 505. The molecule has 0 saturated carbocycles. The Balaban J connectivity index is 2.72. The summed E-state index contributed by atoms with van der Waals surface area (Å²) in [4.78, 5) is 26.3. The number of aromatic nitrogens is 1. The first-order valence-electron chi connectivity index (χ1n) is 6.35. The highest BCUT2D eigenvalue weighted by Gasteiger charge is 2.30. The fourth-order valence-electron chi connectivity index (χ4n) is 1.65. The van der Waals surface area contributed by atoms with E-state index in [1.807, 2.05) is 0 Å². The van der Waals surface area contributed by atoms with E-state index in [1.165, 1.54) is 25.3 Å². The molecule has 0 aliphatic heterocycles. The first kappa shape index (κ1) is 16.9. The van der Waals surface area contributed by atoms with Crippen molar-refractivity contribution in [1.82, 2.24) is 10.3 Å². The van der Waals surface area contributed by atoms with Crippen LogP contribution in [-0.2, 0) is 9.59 Å². The molecule has 1 amide bonds. The number of aromatic hydroxyl groups is 1. The number of nitrogens with zero attached hydrogens (tertiary/aromatic N) is 1. The number of carbonyl (C=O) groups excluding carboxylic acids is 1. The Morgan fingerprint density at radius 3 is 2.43 bits per heavy atom. The molecule has 1 rings (SSSR count). The van der Waals surface area contributed by atoms with Gasteiger partial charge in [-0.3, -0.25) is 14.6 Å². The average Bonchev–Trinajstić information content (AvgIpc) is 2.45. The van der Waals surface area contributed by atoms with Crippen LogP contribution in [0.4, 0.5) is 0 Å². The van der Waals surface area contributed by atoms with Crippen LogP contribution in [-0.4, -0.2) is 44.3 Å². The number of carboxylic acid groups (broad SMARTS) is 1. The van der Waals surface area contributed by atoms with Crippen molar-refractivity contribution in [2.24, 2.45) is 11.7 Å². The minimum absolute atomic E-state index is 0.0454. The number of aliphatic hydroxyl groups excluding tert-OH is 1. The molecule has 4 atom stereocenters. The Labute approximate surface area is 121 Å². The zero-order valence-electron chi connectivity index (χ0n) is 11.7. The molecular formula is C13H19N3O5. The van der Waals surface area contributed by atoms with E-state index in [0.717, 1.165) is 0 Å². The number of pyridine rings is 1. The van der Waals surface area contributed by atoms with Crippen LogP contribution < -0.4 is 11.1 Å². The van der Waals surface area contributed by atoms with Gasteiger partial charge in [-0.25, -0.2) is 0 Å². The molecule has 0 fully saturated rings. The minimum Gasteiger partial charge on any atom is -0.506 e. The van der Waals surface area contributed by atoms with Crippen molar-refractivity contribution in [2.75, 3.05) is 0 Å². The fourth-order valence-corrected chi connectivity index (χ4v) is 1.65. The molecule has 4 unspecified atom stereocenters. The molecule has 21 heavy (non-hydrogen) atoms. The molecule has 116 valence electrons. The minimum atomic E-state index is -1.18. The van der Waals surface area contributed by atoms with Crippen LogP contribution in [0.15, 0.2) is 18.3 Å². The monoisotopic (exact) mass is 297 g/mol. The van der Waals surface area contributed by atoms with Crippen molar-refractivity contribution in [3.63, 3.8) is 0 Å². The number of carboxylic acids is 1. The summed E-state index contributed by atoms with van der Waals surface area (Å²) in [5.41, 5.74) is 5.99. The topological polar surface area (TPSA) is 146 Å². The lowest BCUT2D eigenvalue weighted by Gasteiger charge is -2.24. The quantitative estimate of drug-likeness (QED) is 0.470. The molecular weight excluding hydrogens is 278 g/mol.